The molecule has 1 saturated carbocycles. The Bertz CT molecular complexity index is 436. The predicted octanol–water partition coefficient (Wildman–Crippen LogP) is 2.92. The van der Waals surface area contributed by atoms with Crippen LogP contribution in [0.15, 0.2) is 35.5 Å². The number of rotatable bonds is 5. The number of benzene rings is 1. The molecule has 0 aromatic heterocycles. The summed E-state index contributed by atoms with van der Waals surface area (Å²) in [4.78, 5) is 17.1. The normalized spacial score (nSPS) is 17.5. The lowest BCUT2D eigenvalue weighted by atomic mass is 9.88. The molecule has 0 amide bonds. The number of ether oxygens (including phenoxy) is 1. The molecule has 0 N–H and O–H groups in total. The fourth-order valence-corrected chi connectivity index (χ4v) is 2.42. The van der Waals surface area contributed by atoms with Crippen LogP contribution in [0.4, 0.5) is 0 Å². The van der Waals surface area contributed by atoms with Crippen molar-refractivity contribution >= 4 is 12.2 Å². The fraction of sp³-hybridized carbons (Fsp3) is 0.467. The first-order valence-corrected chi connectivity index (χ1v) is 6.56. The van der Waals surface area contributed by atoms with Gasteiger partial charge in [-0.2, -0.15) is 0 Å². The third-order valence-corrected chi connectivity index (χ3v) is 3.54. The minimum absolute atomic E-state index is 0.211. The number of methoxy groups -OCH3 is 1. The van der Waals surface area contributed by atoms with E-state index in [0.29, 0.717) is 6.61 Å². The van der Waals surface area contributed by atoms with Gasteiger partial charge in [0.1, 0.15) is 12.0 Å². The SMILES string of the molecule is COC(=O)C1(C=NOCc2ccccc2)CCCC1. The van der Waals surface area contributed by atoms with Crippen molar-refractivity contribution < 1.29 is 14.4 Å². The molecule has 0 bridgehead atoms. The molecule has 0 atom stereocenters. The lowest BCUT2D eigenvalue weighted by Gasteiger charge is -2.19. The maximum absolute atomic E-state index is 11.8. The molecule has 19 heavy (non-hydrogen) atoms. The van der Waals surface area contributed by atoms with Crippen LogP contribution in [0, 0.1) is 5.41 Å². The van der Waals surface area contributed by atoms with Crippen molar-refractivity contribution in [2.45, 2.75) is 32.3 Å². The molecule has 1 aliphatic carbocycles. The summed E-state index contributed by atoms with van der Waals surface area (Å²) >= 11 is 0. The van der Waals surface area contributed by atoms with Crippen molar-refractivity contribution in [3.63, 3.8) is 0 Å². The minimum atomic E-state index is -0.578. The van der Waals surface area contributed by atoms with Gasteiger partial charge in [-0.3, -0.25) is 4.79 Å². The van der Waals surface area contributed by atoms with Crippen molar-refractivity contribution in [1.29, 1.82) is 0 Å². The maximum Gasteiger partial charge on any atom is 0.317 e. The van der Waals surface area contributed by atoms with Crippen LogP contribution in [0.5, 0.6) is 0 Å². The van der Waals surface area contributed by atoms with Gasteiger partial charge in [-0.1, -0.05) is 48.3 Å². The average Bonchev–Trinajstić information content (AvgIpc) is 2.94. The zero-order valence-corrected chi connectivity index (χ0v) is 11.2. The van der Waals surface area contributed by atoms with Crippen molar-refractivity contribution in [1.82, 2.24) is 0 Å². The molecule has 102 valence electrons. The first kappa shape index (κ1) is 13.6. The zero-order valence-electron chi connectivity index (χ0n) is 11.2. The number of esters is 1. The third kappa shape index (κ3) is 3.34. The molecule has 4 heteroatoms. The van der Waals surface area contributed by atoms with E-state index in [0.717, 1.165) is 31.2 Å². The molecular formula is C15H19NO3. The van der Waals surface area contributed by atoms with Crippen molar-refractivity contribution in [2.24, 2.45) is 10.6 Å². The quantitative estimate of drug-likeness (QED) is 0.465. The van der Waals surface area contributed by atoms with Gasteiger partial charge in [-0.05, 0) is 18.4 Å². The lowest BCUT2D eigenvalue weighted by Crippen LogP contribution is -2.31. The molecule has 1 fully saturated rings. The zero-order chi connectivity index (χ0) is 13.6. The highest BCUT2D eigenvalue weighted by Crippen LogP contribution is 2.37. The van der Waals surface area contributed by atoms with E-state index in [1.165, 1.54) is 7.11 Å². The summed E-state index contributed by atoms with van der Waals surface area (Å²) in [6.45, 7) is 0.411. The third-order valence-electron chi connectivity index (χ3n) is 3.54. The Kier molecular flexibility index (Phi) is 4.55. The highest BCUT2D eigenvalue weighted by Gasteiger charge is 2.41. The summed E-state index contributed by atoms with van der Waals surface area (Å²) < 4.78 is 4.87. The van der Waals surface area contributed by atoms with E-state index in [2.05, 4.69) is 5.16 Å². The predicted molar refractivity (Wildman–Crippen MR) is 72.6 cm³/mol. The highest BCUT2D eigenvalue weighted by atomic mass is 16.6. The molecule has 1 aromatic carbocycles. The highest BCUT2D eigenvalue weighted by molar-refractivity contribution is 5.95. The van der Waals surface area contributed by atoms with Gasteiger partial charge in [0.2, 0.25) is 0 Å². The summed E-state index contributed by atoms with van der Waals surface area (Å²) in [5, 5.41) is 3.96. The van der Waals surface area contributed by atoms with Crippen molar-refractivity contribution in [3.8, 4) is 0 Å². The van der Waals surface area contributed by atoms with Crippen LogP contribution >= 0.6 is 0 Å². The fourth-order valence-electron chi connectivity index (χ4n) is 2.42. The van der Waals surface area contributed by atoms with Crippen LogP contribution in [0.1, 0.15) is 31.2 Å². The Hall–Kier alpha value is -1.84. The standard InChI is InChI=1S/C15H19NO3/c1-18-14(17)15(9-5-6-10-15)12-16-19-11-13-7-3-2-4-8-13/h2-4,7-8,12H,5-6,9-11H2,1H3. The van der Waals surface area contributed by atoms with Gasteiger partial charge in [-0.25, -0.2) is 0 Å². The molecule has 0 spiro atoms. The molecular weight excluding hydrogens is 242 g/mol. The molecule has 0 radical (unpaired) electrons. The Balaban J connectivity index is 1.91. The second-order valence-electron chi connectivity index (χ2n) is 4.85. The lowest BCUT2D eigenvalue weighted by molar-refractivity contribution is -0.148. The van der Waals surface area contributed by atoms with Crippen LogP contribution in [0.25, 0.3) is 0 Å². The molecule has 0 saturated heterocycles. The Labute approximate surface area is 113 Å². The summed E-state index contributed by atoms with van der Waals surface area (Å²) in [6, 6.07) is 9.81. The largest absolute Gasteiger partial charge is 0.468 e. The Morgan fingerprint density at radius 1 is 1.32 bits per heavy atom. The molecule has 0 aliphatic heterocycles. The number of carbonyl (C=O) groups is 1. The first-order chi connectivity index (χ1) is 9.27. The van der Waals surface area contributed by atoms with Gasteiger partial charge in [0.05, 0.1) is 13.3 Å². The molecule has 1 aromatic rings. The van der Waals surface area contributed by atoms with E-state index in [1.807, 2.05) is 30.3 Å². The van der Waals surface area contributed by atoms with Gasteiger partial charge in [0.25, 0.3) is 0 Å². The smallest absolute Gasteiger partial charge is 0.317 e. The van der Waals surface area contributed by atoms with Gasteiger partial charge in [0, 0.05) is 0 Å². The number of nitrogens with zero attached hydrogens (tertiary/aromatic N) is 1. The molecule has 0 heterocycles. The number of hydrogen-bond donors (Lipinski definition) is 0. The maximum atomic E-state index is 11.8. The van der Waals surface area contributed by atoms with Crippen LogP contribution in [-0.2, 0) is 21.0 Å². The van der Waals surface area contributed by atoms with E-state index in [1.54, 1.807) is 6.21 Å². The second kappa shape index (κ2) is 6.36. The molecule has 1 aliphatic rings. The Morgan fingerprint density at radius 3 is 2.63 bits per heavy atom. The van der Waals surface area contributed by atoms with E-state index in [9.17, 15) is 4.79 Å². The summed E-state index contributed by atoms with van der Waals surface area (Å²) in [5.74, 6) is -0.211. The average molecular weight is 261 g/mol. The molecule has 2 rings (SSSR count). The first-order valence-electron chi connectivity index (χ1n) is 6.56. The second-order valence-corrected chi connectivity index (χ2v) is 4.85. The number of hydrogen-bond acceptors (Lipinski definition) is 4. The van der Waals surface area contributed by atoms with E-state index in [-0.39, 0.29) is 5.97 Å². The van der Waals surface area contributed by atoms with Crippen LogP contribution < -0.4 is 0 Å². The van der Waals surface area contributed by atoms with Crippen LogP contribution in [0.3, 0.4) is 0 Å². The number of carbonyl (C=O) groups excluding carboxylic acids is 1. The summed E-state index contributed by atoms with van der Waals surface area (Å²) in [6.07, 6.45) is 5.25. The van der Waals surface area contributed by atoms with Crippen molar-refractivity contribution in [3.05, 3.63) is 35.9 Å². The Morgan fingerprint density at radius 2 is 2.00 bits per heavy atom. The van der Waals surface area contributed by atoms with Gasteiger partial charge in [0.15, 0.2) is 0 Å². The summed E-state index contributed by atoms with van der Waals surface area (Å²) in [7, 11) is 1.42. The minimum Gasteiger partial charge on any atom is -0.468 e. The van der Waals surface area contributed by atoms with E-state index in [4.69, 9.17) is 9.57 Å². The van der Waals surface area contributed by atoms with Crippen LogP contribution in [0.2, 0.25) is 0 Å². The van der Waals surface area contributed by atoms with Gasteiger partial charge in [-0.15, -0.1) is 0 Å². The monoisotopic (exact) mass is 261 g/mol. The van der Waals surface area contributed by atoms with E-state index >= 15 is 0 Å². The van der Waals surface area contributed by atoms with Crippen LogP contribution in [-0.4, -0.2) is 19.3 Å². The molecule has 0 unspecified atom stereocenters. The molecule has 4 nitrogen and oxygen atoms in total. The van der Waals surface area contributed by atoms with E-state index < -0.39 is 5.41 Å². The van der Waals surface area contributed by atoms with Gasteiger partial charge < -0.3 is 9.57 Å². The topological polar surface area (TPSA) is 47.9 Å². The van der Waals surface area contributed by atoms with Crippen molar-refractivity contribution in [2.75, 3.05) is 7.11 Å². The number of oxime groups is 1. The van der Waals surface area contributed by atoms with Gasteiger partial charge >= 0.3 is 5.97 Å². The summed E-state index contributed by atoms with van der Waals surface area (Å²) in [5.41, 5.74) is 0.476.